The SMILES string of the molecule is CN1C(=O)C2C(NC3N(Cc4c(F)cccc4Cl)N=C(c4ccccc4)CN23)N(C)C1=O. The lowest BCUT2D eigenvalue weighted by molar-refractivity contribution is -0.137. The summed E-state index contributed by atoms with van der Waals surface area (Å²) >= 11 is 6.29. The number of amides is 3. The molecule has 3 aliphatic heterocycles. The third kappa shape index (κ3) is 3.24. The predicted molar refractivity (Wildman–Crippen MR) is 117 cm³/mol. The van der Waals surface area contributed by atoms with Crippen molar-refractivity contribution in [3.05, 3.63) is 70.5 Å². The van der Waals surface area contributed by atoms with Gasteiger partial charge in [-0.15, -0.1) is 0 Å². The van der Waals surface area contributed by atoms with Crippen molar-refractivity contribution in [2.45, 2.75) is 25.0 Å². The lowest BCUT2D eigenvalue weighted by atomic mass is 10.1. The first-order valence-electron chi connectivity index (χ1n) is 10.3. The van der Waals surface area contributed by atoms with E-state index in [0.29, 0.717) is 17.1 Å². The second-order valence-electron chi connectivity index (χ2n) is 8.10. The standard InChI is InChI=1S/C22H22ClFN6O2/c1-27-19-18(20(31)28(2)22(27)32)29-12-17(13-7-4-3-5-8-13)26-30(21(29)25-19)11-14-15(23)9-6-10-16(14)24/h3-10,18-19,21,25H,11-12H2,1-2H3. The number of likely N-dealkylation sites (N-methyl/N-ethyl adjacent to an activating group) is 2. The molecule has 32 heavy (non-hydrogen) atoms. The highest BCUT2D eigenvalue weighted by Crippen LogP contribution is 2.32. The van der Waals surface area contributed by atoms with Gasteiger partial charge in [0.25, 0.3) is 5.91 Å². The molecule has 3 amide bonds. The van der Waals surface area contributed by atoms with Crippen molar-refractivity contribution in [1.82, 2.24) is 25.0 Å². The Kier molecular flexibility index (Phi) is 5.11. The maximum Gasteiger partial charge on any atom is 0.327 e. The van der Waals surface area contributed by atoms with Gasteiger partial charge in [0.05, 0.1) is 12.3 Å². The minimum Gasteiger partial charge on any atom is -0.310 e. The van der Waals surface area contributed by atoms with Crippen LogP contribution in [0.1, 0.15) is 11.1 Å². The molecule has 3 unspecified atom stereocenters. The van der Waals surface area contributed by atoms with E-state index >= 15 is 0 Å². The van der Waals surface area contributed by atoms with Crippen molar-refractivity contribution in [2.24, 2.45) is 5.10 Å². The fraction of sp³-hybridized carbons (Fsp3) is 0.318. The van der Waals surface area contributed by atoms with E-state index in [2.05, 4.69) is 5.32 Å². The monoisotopic (exact) mass is 456 g/mol. The fourth-order valence-electron chi connectivity index (χ4n) is 4.53. The average molecular weight is 457 g/mol. The molecule has 3 aliphatic rings. The number of halogens is 2. The second kappa shape index (κ2) is 7.84. The van der Waals surface area contributed by atoms with E-state index in [-0.39, 0.29) is 18.5 Å². The molecule has 3 atom stereocenters. The van der Waals surface area contributed by atoms with E-state index in [1.54, 1.807) is 24.2 Å². The molecule has 10 heteroatoms. The summed E-state index contributed by atoms with van der Waals surface area (Å²) in [5, 5.41) is 10.2. The number of carbonyl (C=O) groups excluding carboxylic acids is 2. The van der Waals surface area contributed by atoms with Crippen molar-refractivity contribution in [2.75, 3.05) is 20.6 Å². The van der Waals surface area contributed by atoms with Gasteiger partial charge in [-0.05, 0) is 17.7 Å². The number of benzene rings is 2. The number of carbonyl (C=O) groups is 2. The molecule has 0 radical (unpaired) electrons. The summed E-state index contributed by atoms with van der Waals surface area (Å²) in [6.45, 7) is 0.489. The van der Waals surface area contributed by atoms with Crippen LogP contribution in [0.15, 0.2) is 53.6 Å². The Morgan fingerprint density at radius 2 is 1.88 bits per heavy atom. The van der Waals surface area contributed by atoms with Crippen LogP contribution in [0.3, 0.4) is 0 Å². The molecule has 5 rings (SSSR count). The number of hydrogen-bond acceptors (Lipinski definition) is 6. The Morgan fingerprint density at radius 3 is 2.59 bits per heavy atom. The molecule has 166 valence electrons. The Hall–Kier alpha value is -3.01. The lowest BCUT2D eigenvalue weighted by Gasteiger charge is -2.41. The maximum atomic E-state index is 14.6. The van der Waals surface area contributed by atoms with Crippen LogP contribution in [-0.4, -0.2) is 76.5 Å². The van der Waals surface area contributed by atoms with E-state index < -0.39 is 24.3 Å². The van der Waals surface area contributed by atoms with Crippen molar-refractivity contribution < 1.29 is 14.0 Å². The van der Waals surface area contributed by atoms with Gasteiger partial charge < -0.3 is 4.90 Å². The van der Waals surface area contributed by atoms with E-state index in [1.165, 1.54) is 18.0 Å². The molecule has 2 saturated heterocycles. The topological polar surface area (TPSA) is 71.5 Å². The first kappa shape index (κ1) is 20.9. The van der Waals surface area contributed by atoms with Crippen LogP contribution < -0.4 is 5.32 Å². The normalized spacial score (nSPS) is 25.7. The summed E-state index contributed by atoms with van der Waals surface area (Å²) in [6, 6.07) is 13.2. The molecule has 1 N–H and O–H groups in total. The van der Waals surface area contributed by atoms with Gasteiger partial charge >= 0.3 is 6.03 Å². The molecule has 8 nitrogen and oxygen atoms in total. The highest BCUT2D eigenvalue weighted by atomic mass is 35.5. The molecule has 2 aromatic rings. The van der Waals surface area contributed by atoms with Gasteiger partial charge in [0.2, 0.25) is 0 Å². The first-order valence-corrected chi connectivity index (χ1v) is 10.6. The van der Waals surface area contributed by atoms with Gasteiger partial charge in [-0.25, -0.2) is 14.1 Å². The molecular formula is C22H22ClFN6O2. The van der Waals surface area contributed by atoms with E-state index in [9.17, 15) is 14.0 Å². The van der Waals surface area contributed by atoms with Gasteiger partial charge in [-0.1, -0.05) is 48.0 Å². The third-order valence-electron chi connectivity index (χ3n) is 6.23. The number of imide groups is 1. The van der Waals surface area contributed by atoms with Crippen LogP contribution in [0.25, 0.3) is 0 Å². The van der Waals surface area contributed by atoms with E-state index in [1.807, 2.05) is 35.2 Å². The van der Waals surface area contributed by atoms with Gasteiger partial charge in [-0.2, -0.15) is 5.10 Å². The molecule has 3 heterocycles. The number of nitrogens with zero attached hydrogens (tertiary/aromatic N) is 5. The Morgan fingerprint density at radius 1 is 1.12 bits per heavy atom. The molecule has 2 fully saturated rings. The number of fused-ring (bicyclic) bond motifs is 3. The molecule has 0 spiro atoms. The number of rotatable bonds is 3. The van der Waals surface area contributed by atoms with Gasteiger partial charge in [0.1, 0.15) is 18.0 Å². The predicted octanol–water partition coefficient (Wildman–Crippen LogP) is 2.11. The highest BCUT2D eigenvalue weighted by molar-refractivity contribution is 6.31. The van der Waals surface area contributed by atoms with Crippen LogP contribution in [0, 0.1) is 5.82 Å². The largest absolute Gasteiger partial charge is 0.327 e. The molecule has 0 bridgehead atoms. The Labute approximate surface area is 189 Å². The summed E-state index contributed by atoms with van der Waals surface area (Å²) in [5.41, 5.74) is 1.96. The molecule has 0 saturated carbocycles. The Balaban J connectivity index is 1.57. The number of hydrazone groups is 1. The third-order valence-corrected chi connectivity index (χ3v) is 6.59. The zero-order valence-corrected chi connectivity index (χ0v) is 18.3. The molecular weight excluding hydrogens is 435 g/mol. The van der Waals surface area contributed by atoms with Crippen molar-refractivity contribution in [3.63, 3.8) is 0 Å². The minimum atomic E-state index is -0.597. The van der Waals surface area contributed by atoms with Crippen molar-refractivity contribution >= 4 is 29.3 Å². The molecule has 0 aromatic heterocycles. The van der Waals surface area contributed by atoms with Crippen LogP contribution in [-0.2, 0) is 11.3 Å². The van der Waals surface area contributed by atoms with Gasteiger partial charge in [0.15, 0.2) is 6.29 Å². The fourth-order valence-corrected chi connectivity index (χ4v) is 4.75. The maximum absolute atomic E-state index is 14.6. The summed E-state index contributed by atoms with van der Waals surface area (Å²) in [5.74, 6) is -0.712. The Bertz CT molecular complexity index is 1090. The van der Waals surface area contributed by atoms with E-state index in [0.717, 1.165) is 16.2 Å². The summed E-state index contributed by atoms with van der Waals surface area (Å²) in [4.78, 5) is 30.2. The highest BCUT2D eigenvalue weighted by Gasteiger charge is 2.55. The van der Waals surface area contributed by atoms with Crippen molar-refractivity contribution in [3.8, 4) is 0 Å². The molecule has 2 aromatic carbocycles. The van der Waals surface area contributed by atoms with Crippen LogP contribution in [0.2, 0.25) is 5.02 Å². The zero-order valence-electron chi connectivity index (χ0n) is 17.6. The minimum absolute atomic E-state index is 0.0944. The average Bonchev–Trinajstić information content (AvgIpc) is 3.19. The zero-order chi connectivity index (χ0) is 22.6. The number of urea groups is 1. The summed E-state index contributed by atoms with van der Waals surface area (Å²) in [6.07, 6.45) is -1.04. The van der Waals surface area contributed by atoms with Crippen molar-refractivity contribution in [1.29, 1.82) is 0 Å². The first-order chi connectivity index (χ1) is 15.4. The van der Waals surface area contributed by atoms with Crippen LogP contribution in [0.5, 0.6) is 0 Å². The quantitative estimate of drug-likeness (QED) is 0.766. The molecule has 0 aliphatic carbocycles. The number of hydrogen-bond donors (Lipinski definition) is 1. The number of nitrogens with one attached hydrogen (secondary N) is 1. The summed E-state index contributed by atoms with van der Waals surface area (Å²) in [7, 11) is 3.14. The smallest absolute Gasteiger partial charge is 0.310 e. The van der Waals surface area contributed by atoms with Gasteiger partial charge in [-0.3, -0.25) is 20.0 Å². The lowest BCUT2D eigenvalue weighted by Crippen LogP contribution is -2.65. The van der Waals surface area contributed by atoms with Crippen LogP contribution >= 0.6 is 11.6 Å². The summed E-state index contributed by atoms with van der Waals surface area (Å²) < 4.78 is 14.6. The van der Waals surface area contributed by atoms with E-state index in [4.69, 9.17) is 16.7 Å². The van der Waals surface area contributed by atoms with Gasteiger partial charge in [0, 0.05) is 31.2 Å². The second-order valence-corrected chi connectivity index (χ2v) is 8.51. The van der Waals surface area contributed by atoms with Crippen LogP contribution in [0.4, 0.5) is 9.18 Å².